The van der Waals surface area contributed by atoms with Crippen molar-refractivity contribution in [3.8, 4) is 0 Å². The van der Waals surface area contributed by atoms with Crippen molar-refractivity contribution in [1.29, 1.82) is 0 Å². The Morgan fingerprint density at radius 2 is 1.43 bits per heavy atom. The Hall–Kier alpha value is -2.68. The van der Waals surface area contributed by atoms with Crippen LogP contribution < -0.4 is 5.32 Å². The van der Waals surface area contributed by atoms with Gasteiger partial charge in [-0.15, -0.1) is 0 Å². The van der Waals surface area contributed by atoms with Crippen LogP contribution >= 0.6 is 0 Å². The van der Waals surface area contributed by atoms with E-state index in [-0.39, 0.29) is 16.3 Å². The van der Waals surface area contributed by atoms with Crippen molar-refractivity contribution in [3.63, 3.8) is 0 Å². The van der Waals surface area contributed by atoms with Crippen LogP contribution in [0.25, 0.3) is 0 Å². The second kappa shape index (κ2) is 5.20. The van der Waals surface area contributed by atoms with E-state index in [4.69, 9.17) is 0 Å². The molecule has 0 aliphatic carbocycles. The first-order valence-electron chi connectivity index (χ1n) is 6.24. The Kier molecular flexibility index (Phi) is 3.44. The minimum absolute atomic E-state index is 0.0184. The van der Waals surface area contributed by atoms with Gasteiger partial charge in [-0.05, 0) is 12.1 Å². The summed E-state index contributed by atoms with van der Waals surface area (Å²) in [4.78, 5) is 12.0. The molecule has 1 heterocycles. The van der Waals surface area contributed by atoms with E-state index in [1.165, 1.54) is 24.3 Å². The average molecular weight is 330 g/mol. The van der Waals surface area contributed by atoms with Crippen LogP contribution in [-0.2, 0) is 0 Å². The molecule has 1 unspecified atom stereocenters. The van der Waals surface area contributed by atoms with Crippen molar-refractivity contribution in [3.05, 3.63) is 64.5 Å². The number of hydrogen-bond donors (Lipinski definition) is 2. The molecule has 120 valence electrons. The number of halogens is 5. The maximum atomic E-state index is 13.9. The van der Waals surface area contributed by atoms with E-state index in [2.05, 4.69) is 5.32 Å². The molecule has 2 N–H and O–H groups in total. The lowest BCUT2D eigenvalue weighted by Crippen LogP contribution is -2.41. The first kappa shape index (κ1) is 15.2. The molecule has 1 aliphatic heterocycles. The standard InChI is InChI=1S/C14H7F5N2O2/c15-8-7(9(16)11(18)12(19)10(8)17)13-20-6-4-2-1-3-5(6)14(22)21(13)23/h1-4,13,20,23H. The summed E-state index contributed by atoms with van der Waals surface area (Å²) < 4.78 is 67.4. The van der Waals surface area contributed by atoms with Crippen LogP contribution in [0.3, 0.4) is 0 Å². The molecule has 23 heavy (non-hydrogen) atoms. The van der Waals surface area contributed by atoms with Crippen LogP contribution in [0.1, 0.15) is 22.1 Å². The van der Waals surface area contributed by atoms with Gasteiger partial charge in [-0.25, -0.2) is 22.0 Å². The van der Waals surface area contributed by atoms with Crippen molar-refractivity contribution < 1.29 is 32.0 Å². The second-order valence-corrected chi connectivity index (χ2v) is 4.73. The summed E-state index contributed by atoms with van der Waals surface area (Å²) in [6.45, 7) is 0. The molecule has 2 aromatic rings. The van der Waals surface area contributed by atoms with Crippen molar-refractivity contribution in [2.75, 3.05) is 5.32 Å². The fourth-order valence-electron chi connectivity index (χ4n) is 2.30. The van der Waals surface area contributed by atoms with Crippen LogP contribution in [0.2, 0.25) is 0 Å². The Morgan fingerprint density at radius 1 is 0.913 bits per heavy atom. The average Bonchev–Trinajstić information content (AvgIpc) is 2.55. The minimum atomic E-state index is -2.32. The number of nitrogens with one attached hydrogen (secondary N) is 1. The number of hydroxylamine groups is 2. The topological polar surface area (TPSA) is 52.6 Å². The van der Waals surface area contributed by atoms with Gasteiger partial charge in [0.1, 0.15) is 0 Å². The highest BCUT2D eigenvalue weighted by molar-refractivity contribution is 6.01. The molecule has 4 nitrogen and oxygen atoms in total. The van der Waals surface area contributed by atoms with E-state index < -0.39 is 46.7 Å². The molecule has 2 aromatic carbocycles. The summed E-state index contributed by atoms with van der Waals surface area (Å²) in [7, 11) is 0. The SMILES string of the molecule is O=C1c2ccccc2NC(c2c(F)c(F)c(F)c(F)c2F)N1O. The zero-order chi connectivity index (χ0) is 16.9. The number of carbonyl (C=O) groups is 1. The molecule has 9 heteroatoms. The number of rotatable bonds is 1. The van der Waals surface area contributed by atoms with Gasteiger partial charge in [0.25, 0.3) is 5.91 Å². The smallest absolute Gasteiger partial charge is 0.281 e. The van der Waals surface area contributed by atoms with Gasteiger partial charge < -0.3 is 5.32 Å². The van der Waals surface area contributed by atoms with Crippen molar-refractivity contribution in [2.24, 2.45) is 0 Å². The molecular weight excluding hydrogens is 323 g/mol. The van der Waals surface area contributed by atoms with E-state index in [1.807, 2.05) is 0 Å². The third kappa shape index (κ3) is 2.12. The number of benzene rings is 2. The van der Waals surface area contributed by atoms with Gasteiger partial charge in [0.2, 0.25) is 5.82 Å². The van der Waals surface area contributed by atoms with Crippen molar-refractivity contribution in [2.45, 2.75) is 6.17 Å². The first-order chi connectivity index (χ1) is 10.8. The largest absolute Gasteiger partial charge is 0.359 e. The lowest BCUT2D eigenvalue weighted by atomic mass is 10.0. The number of anilines is 1. The van der Waals surface area contributed by atoms with Gasteiger partial charge >= 0.3 is 0 Å². The van der Waals surface area contributed by atoms with E-state index in [9.17, 15) is 32.0 Å². The fraction of sp³-hybridized carbons (Fsp3) is 0.0714. The van der Waals surface area contributed by atoms with E-state index in [0.717, 1.165) is 0 Å². The monoisotopic (exact) mass is 330 g/mol. The van der Waals surface area contributed by atoms with Crippen LogP contribution in [-0.4, -0.2) is 16.2 Å². The Labute approximate surface area is 125 Å². The summed E-state index contributed by atoms with van der Waals surface area (Å²) >= 11 is 0. The van der Waals surface area contributed by atoms with Crippen molar-refractivity contribution >= 4 is 11.6 Å². The van der Waals surface area contributed by atoms with Crippen LogP contribution in [0.4, 0.5) is 27.6 Å². The molecule has 1 aliphatic rings. The van der Waals surface area contributed by atoms with Crippen LogP contribution in [0, 0.1) is 29.1 Å². The van der Waals surface area contributed by atoms with Gasteiger partial charge in [0, 0.05) is 5.69 Å². The third-order valence-electron chi connectivity index (χ3n) is 3.42. The zero-order valence-electron chi connectivity index (χ0n) is 11.1. The third-order valence-corrected chi connectivity index (χ3v) is 3.42. The van der Waals surface area contributed by atoms with E-state index in [1.54, 1.807) is 0 Å². The van der Waals surface area contributed by atoms with Crippen molar-refractivity contribution in [1.82, 2.24) is 5.06 Å². The number of amides is 1. The van der Waals surface area contributed by atoms with Gasteiger partial charge in [0.15, 0.2) is 29.4 Å². The van der Waals surface area contributed by atoms with Gasteiger partial charge in [-0.3, -0.25) is 10.0 Å². The maximum absolute atomic E-state index is 13.9. The molecular formula is C14H7F5N2O2. The molecule has 3 rings (SSSR count). The molecule has 0 fully saturated rings. The lowest BCUT2D eigenvalue weighted by Gasteiger charge is -2.33. The van der Waals surface area contributed by atoms with Crippen LogP contribution in [0.15, 0.2) is 24.3 Å². The molecule has 1 amide bonds. The predicted octanol–water partition coefficient (Wildman–Crippen LogP) is 3.34. The zero-order valence-corrected chi connectivity index (χ0v) is 11.1. The number of hydrogen-bond acceptors (Lipinski definition) is 3. The minimum Gasteiger partial charge on any atom is -0.359 e. The molecule has 0 spiro atoms. The summed E-state index contributed by atoms with van der Waals surface area (Å²) in [5.74, 6) is -12.0. The number of carbonyl (C=O) groups excluding carboxylic acids is 1. The first-order valence-corrected chi connectivity index (χ1v) is 6.24. The number of nitrogens with zero attached hydrogens (tertiary/aromatic N) is 1. The van der Waals surface area contributed by atoms with Gasteiger partial charge in [-0.1, -0.05) is 12.1 Å². The Bertz CT molecular complexity index is 798. The van der Waals surface area contributed by atoms with Gasteiger partial charge in [0.05, 0.1) is 11.1 Å². The second-order valence-electron chi connectivity index (χ2n) is 4.73. The van der Waals surface area contributed by atoms with E-state index in [0.29, 0.717) is 0 Å². The Balaban J connectivity index is 2.19. The maximum Gasteiger partial charge on any atom is 0.281 e. The molecule has 0 saturated carbocycles. The summed E-state index contributed by atoms with van der Waals surface area (Å²) in [6.07, 6.45) is -1.97. The number of fused-ring (bicyclic) bond motifs is 1. The normalized spacial score (nSPS) is 17.0. The summed E-state index contributed by atoms with van der Waals surface area (Å²) in [5.41, 5.74) is -1.29. The van der Waals surface area contributed by atoms with Crippen LogP contribution in [0.5, 0.6) is 0 Å². The van der Waals surface area contributed by atoms with E-state index >= 15 is 0 Å². The molecule has 0 radical (unpaired) electrons. The molecule has 1 atom stereocenters. The molecule has 0 aromatic heterocycles. The predicted molar refractivity (Wildman–Crippen MR) is 67.0 cm³/mol. The highest BCUT2D eigenvalue weighted by atomic mass is 19.2. The lowest BCUT2D eigenvalue weighted by molar-refractivity contribution is -0.0868. The molecule has 0 saturated heterocycles. The Morgan fingerprint density at radius 3 is 2.04 bits per heavy atom. The van der Waals surface area contributed by atoms with Gasteiger partial charge in [-0.2, -0.15) is 5.06 Å². The summed E-state index contributed by atoms with van der Waals surface area (Å²) in [6, 6.07) is 5.65. The highest BCUT2D eigenvalue weighted by Crippen LogP contribution is 2.36. The molecule has 0 bridgehead atoms. The fourth-order valence-corrected chi connectivity index (χ4v) is 2.30. The summed E-state index contributed by atoms with van der Waals surface area (Å²) in [5, 5.41) is 12.0. The quantitative estimate of drug-likeness (QED) is 0.365. The highest BCUT2D eigenvalue weighted by Gasteiger charge is 2.38. The number of para-hydroxylation sites is 1.